The number of alkyl halides is 3. The van der Waals surface area contributed by atoms with Crippen molar-refractivity contribution in [2.24, 2.45) is 0 Å². The third kappa shape index (κ3) is 5.16. The highest BCUT2D eigenvalue weighted by molar-refractivity contribution is 6.00. The Kier molecular flexibility index (Phi) is 6.60. The maximum atomic E-state index is 13.4. The number of aromatic nitrogens is 1. The zero-order valence-electron chi connectivity index (χ0n) is 20.0. The Balaban J connectivity index is 1.31. The standard InChI is InChI=1S/C28H24F3N3O3/c1-36-22-11-9-19(10-12-22)25-18-32-26(37-25)23-7-2-3-8-24(23)27(35)34-15-13-33(14-16-34)21-6-4-5-20(17-21)28(29,30)31/h2-12,17-18H,13-16H2,1H3. The van der Waals surface area contributed by atoms with Crippen molar-refractivity contribution in [1.82, 2.24) is 9.88 Å². The minimum atomic E-state index is -4.40. The van der Waals surface area contributed by atoms with Crippen molar-refractivity contribution in [3.8, 4) is 28.5 Å². The Morgan fingerprint density at radius 2 is 1.68 bits per heavy atom. The molecule has 1 saturated heterocycles. The predicted molar refractivity (Wildman–Crippen MR) is 133 cm³/mol. The Labute approximate surface area is 211 Å². The van der Waals surface area contributed by atoms with Crippen molar-refractivity contribution in [3.05, 3.63) is 90.1 Å². The van der Waals surface area contributed by atoms with E-state index < -0.39 is 11.7 Å². The summed E-state index contributed by atoms with van der Waals surface area (Å²) in [6.45, 7) is 1.61. The monoisotopic (exact) mass is 507 g/mol. The molecule has 0 unspecified atom stereocenters. The highest BCUT2D eigenvalue weighted by atomic mass is 19.4. The number of oxazole rings is 1. The second-order valence-electron chi connectivity index (χ2n) is 8.63. The number of amides is 1. The van der Waals surface area contributed by atoms with Gasteiger partial charge in [-0.25, -0.2) is 4.98 Å². The summed E-state index contributed by atoms with van der Waals surface area (Å²) in [5.74, 6) is 1.45. The van der Waals surface area contributed by atoms with E-state index in [-0.39, 0.29) is 5.91 Å². The van der Waals surface area contributed by atoms with Crippen molar-refractivity contribution >= 4 is 11.6 Å². The number of piperazine rings is 1. The number of nitrogens with zero attached hydrogens (tertiary/aromatic N) is 3. The minimum absolute atomic E-state index is 0.177. The zero-order chi connectivity index (χ0) is 26.0. The van der Waals surface area contributed by atoms with Crippen LogP contribution in [-0.4, -0.2) is 49.1 Å². The number of carbonyl (C=O) groups excluding carboxylic acids is 1. The fraction of sp³-hybridized carbons (Fsp3) is 0.214. The lowest BCUT2D eigenvalue weighted by molar-refractivity contribution is -0.137. The second-order valence-corrected chi connectivity index (χ2v) is 8.63. The van der Waals surface area contributed by atoms with Gasteiger partial charge in [0.05, 0.1) is 24.4 Å². The molecule has 1 amide bonds. The molecule has 1 aliphatic heterocycles. The van der Waals surface area contributed by atoms with Crippen LogP contribution in [0.15, 0.2) is 83.4 Å². The molecule has 1 aliphatic rings. The highest BCUT2D eigenvalue weighted by Gasteiger charge is 2.31. The Morgan fingerprint density at radius 3 is 2.38 bits per heavy atom. The summed E-state index contributed by atoms with van der Waals surface area (Å²) < 4.78 is 50.5. The summed E-state index contributed by atoms with van der Waals surface area (Å²) in [5.41, 5.74) is 1.67. The summed E-state index contributed by atoms with van der Waals surface area (Å²) in [5, 5.41) is 0. The van der Waals surface area contributed by atoms with Crippen LogP contribution in [0.4, 0.5) is 18.9 Å². The molecule has 37 heavy (non-hydrogen) atoms. The van der Waals surface area contributed by atoms with E-state index in [0.29, 0.717) is 54.6 Å². The molecule has 0 bridgehead atoms. The van der Waals surface area contributed by atoms with Gasteiger partial charge < -0.3 is 19.0 Å². The summed E-state index contributed by atoms with van der Waals surface area (Å²) in [4.78, 5) is 21.4. The summed E-state index contributed by atoms with van der Waals surface area (Å²) in [7, 11) is 1.60. The number of rotatable bonds is 5. The van der Waals surface area contributed by atoms with Gasteiger partial charge in [0.2, 0.25) is 5.89 Å². The molecular weight excluding hydrogens is 483 g/mol. The molecular formula is C28H24F3N3O3. The number of hydrogen-bond acceptors (Lipinski definition) is 5. The molecule has 0 radical (unpaired) electrons. The average molecular weight is 508 g/mol. The van der Waals surface area contributed by atoms with Crippen LogP contribution >= 0.6 is 0 Å². The first-order valence-corrected chi connectivity index (χ1v) is 11.7. The second kappa shape index (κ2) is 10.0. The van der Waals surface area contributed by atoms with Gasteiger partial charge in [0, 0.05) is 43.0 Å². The first-order chi connectivity index (χ1) is 17.8. The molecule has 0 atom stereocenters. The van der Waals surface area contributed by atoms with Gasteiger partial charge in [-0.05, 0) is 54.6 Å². The Hall–Kier alpha value is -4.27. The van der Waals surface area contributed by atoms with Crippen LogP contribution in [0.3, 0.4) is 0 Å². The maximum absolute atomic E-state index is 13.4. The molecule has 190 valence electrons. The van der Waals surface area contributed by atoms with E-state index in [4.69, 9.17) is 9.15 Å². The number of benzene rings is 3. The van der Waals surface area contributed by atoms with Crippen molar-refractivity contribution in [3.63, 3.8) is 0 Å². The van der Waals surface area contributed by atoms with Gasteiger partial charge >= 0.3 is 6.18 Å². The molecule has 3 aromatic carbocycles. The molecule has 4 aromatic rings. The van der Waals surface area contributed by atoms with E-state index in [1.165, 1.54) is 6.07 Å². The molecule has 1 aromatic heterocycles. The molecule has 9 heteroatoms. The van der Waals surface area contributed by atoms with Crippen molar-refractivity contribution < 1.29 is 27.1 Å². The lowest BCUT2D eigenvalue weighted by atomic mass is 10.1. The van der Waals surface area contributed by atoms with Crippen LogP contribution in [-0.2, 0) is 6.18 Å². The Morgan fingerprint density at radius 1 is 0.946 bits per heavy atom. The maximum Gasteiger partial charge on any atom is 0.416 e. The first-order valence-electron chi connectivity index (χ1n) is 11.7. The first kappa shape index (κ1) is 24.4. The van der Waals surface area contributed by atoms with E-state index in [0.717, 1.165) is 23.4 Å². The van der Waals surface area contributed by atoms with Gasteiger partial charge in [0.15, 0.2) is 5.76 Å². The fourth-order valence-corrected chi connectivity index (χ4v) is 4.36. The average Bonchev–Trinajstić information content (AvgIpc) is 3.43. The lowest BCUT2D eigenvalue weighted by Gasteiger charge is -2.36. The normalized spacial score (nSPS) is 14.1. The van der Waals surface area contributed by atoms with E-state index in [9.17, 15) is 18.0 Å². The smallest absolute Gasteiger partial charge is 0.416 e. The van der Waals surface area contributed by atoms with Gasteiger partial charge in [0.1, 0.15) is 5.75 Å². The Bertz CT molecular complexity index is 1390. The van der Waals surface area contributed by atoms with Crippen molar-refractivity contribution in [2.75, 3.05) is 38.2 Å². The van der Waals surface area contributed by atoms with Gasteiger partial charge in [-0.15, -0.1) is 0 Å². The number of carbonyl (C=O) groups is 1. The van der Waals surface area contributed by atoms with Crippen LogP contribution in [0.1, 0.15) is 15.9 Å². The molecule has 2 heterocycles. The molecule has 0 aliphatic carbocycles. The number of hydrogen-bond donors (Lipinski definition) is 0. The van der Waals surface area contributed by atoms with Gasteiger partial charge in [-0.3, -0.25) is 4.79 Å². The SMILES string of the molecule is COc1ccc(-c2cnc(-c3ccccc3C(=O)N3CCN(c4cccc(C(F)(F)F)c4)CC3)o2)cc1. The number of methoxy groups -OCH3 is 1. The van der Waals surface area contributed by atoms with Crippen LogP contribution in [0.2, 0.25) is 0 Å². The van der Waals surface area contributed by atoms with E-state index in [2.05, 4.69) is 4.98 Å². The zero-order valence-corrected chi connectivity index (χ0v) is 20.0. The highest BCUT2D eigenvalue weighted by Crippen LogP contribution is 2.33. The summed E-state index contributed by atoms with van der Waals surface area (Å²) in [6.07, 6.45) is -2.78. The quantitative estimate of drug-likeness (QED) is 0.332. The van der Waals surface area contributed by atoms with E-state index >= 15 is 0 Å². The fourth-order valence-electron chi connectivity index (χ4n) is 4.36. The largest absolute Gasteiger partial charge is 0.497 e. The minimum Gasteiger partial charge on any atom is -0.497 e. The summed E-state index contributed by atoms with van der Waals surface area (Å²) >= 11 is 0. The third-order valence-corrected chi connectivity index (χ3v) is 6.37. The molecule has 1 fully saturated rings. The predicted octanol–water partition coefficient (Wildman–Crippen LogP) is 6.00. The van der Waals surface area contributed by atoms with Crippen molar-refractivity contribution in [1.29, 1.82) is 0 Å². The van der Waals surface area contributed by atoms with Crippen molar-refractivity contribution in [2.45, 2.75) is 6.18 Å². The topological polar surface area (TPSA) is 58.8 Å². The molecule has 0 spiro atoms. The molecule has 5 rings (SSSR count). The molecule has 6 nitrogen and oxygen atoms in total. The van der Waals surface area contributed by atoms with Crippen LogP contribution in [0.5, 0.6) is 5.75 Å². The van der Waals surface area contributed by atoms with E-state index in [1.807, 2.05) is 35.2 Å². The van der Waals surface area contributed by atoms with Gasteiger partial charge in [0.25, 0.3) is 5.91 Å². The van der Waals surface area contributed by atoms with Crippen LogP contribution in [0.25, 0.3) is 22.8 Å². The van der Waals surface area contributed by atoms with Crippen LogP contribution < -0.4 is 9.64 Å². The van der Waals surface area contributed by atoms with E-state index in [1.54, 1.807) is 42.5 Å². The number of ether oxygens (including phenoxy) is 1. The van der Waals surface area contributed by atoms with Crippen LogP contribution in [0, 0.1) is 0 Å². The molecule has 0 saturated carbocycles. The number of halogens is 3. The summed E-state index contributed by atoms with van der Waals surface area (Å²) in [6, 6.07) is 19.8. The number of anilines is 1. The van der Waals surface area contributed by atoms with Gasteiger partial charge in [-0.1, -0.05) is 18.2 Å². The van der Waals surface area contributed by atoms with Gasteiger partial charge in [-0.2, -0.15) is 13.2 Å². The third-order valence-electron chi connectivity index (χ3n) is 6.37. The molecule has 0 N–H and O–H groups in total. The lowest BCUT2D eigenvalue weighted by Crippen LogP contribution is -2.49.